The highest BCUT2D eigenvalue weighted by molar-refractivity contribution is 5.38. The predicted molar refractivity (Wildman–Crippen MR) is 89.6 cm³/mol. The highest BCUT2D eigenvalue weighted by atomic mass is 16.5. The van der Waals surface area contributed by atoms with Gasteiger partial charge >= 0.3 is 0 Å². The fourth-order valence-electron chi connectivity index (χ4n) is 3.85. The molecule has 23 heavy (non-hydrogen) atoms. The van der Waals surface area contributed by atoms with Crippen molar-refractivity contribution >= 4 is 5.82 Å². The largest absolute Gasteiger partial charge is 0.478 e. The number of hydrogen-bond acceptors (Lipinski definition) is 4. The summed E-state index contributed by atoms with van der Waals surface area (Å²) >= 11 is 0. The number of ether oxygens (including phenoxy) is 1. The predicted octanol–water partition coefficient (Wildman–Crippen LogP) is 3.47. The Morgan fingerprint density at radius 3 is 2.83 bits per heavy atom. The van der Waals surface area contributed by atoms with E-state index in [0.29, 0.717) is 24.1 Å². The summed E-state index contributed by atoms with van der Waals surface area (Å²) in [6.45, 7) is 15.5. The molecule has 2 fully saturated rings. The average molecular weight is 314 g/mol. The van der Waals surface area contributed by atoms with Crippen molar-refractivity contribution in [2.24, 2.45) is 17.8 Å². The molecule has 3 rings (SSSR count). The molecule has 2 heterocycles. The molecule has 2 aliphatic rings. The number of aryl methyl sites for hydroxylation is 1. The first-order chi connectivity index (χ1) is 11.2. The molecule has 1 saturated heterocycles. The van der Waals surface area contributed by atoms with Crippen LogP contribution in [-0.2, 0) is 0 Å². The second-order valence-electron chi connectivity index (χ2n) is 6.79. The zero-order valence-electron chi connectivity index (χ0n) is 14.2. The van der Waals surface area contributed by atoms with Gasteiger partial charge in [0, 0.05) is 13.0 Å². The van der Waals surface area contributed by atoms with Crippen molar-refractivity contribution in [2.45, 2.75) is 39.5 Å². The van der Waals surface area contributed by atoms with Gasteiger partial charge in [-0.15, -0.1) is 4.98 Å². The molecule has 124 valence electrons. The van der Waals surface area contributed by atoms with E-state index in [1.54, 1.807) is 13.0 Å². The Labute approximate surface area is 138 Å². The van der Waals surface area contributed by atoms with Crippen LogP contribution in [0.3, 0.4) is 0 Å². The fourth-order valence-corrected chi connectivity index (χ4v) is 3.85. The van der Waals surface area contributed by atoms with E-state index in [4.69, 9.17) is 11.3 Å². The lowest BCUT2D eigenvalue weighted by Crippen LogP contribution is -2.34. The highest BCUT2D eigenvalue weighted by Gasteiger charge is 2.42. The smallest absolute Gasteiger partial charge is 0.276 e. The van der Waals surface area contributed by atoms with Crippen molar-refractivity contribution in [3.63, 3.8) is 0 Å². The van der Waals surface area contributed by atoms with Crippen LogP contribution in [0, 0.1) is 31.2 Å². The highest BCUT2D eigenvalue weighted by Crippen LogP contribution is 2.49. The third-order valence-corrected chi connectivity index (χ3v) is 5.32. The molecule has 5 nitrogen and oxygen atoms in total. The van der Waals surface area contributed by atoms with Crippen molar-refractivity contribution in [3.05, 3.63) is 23.3 Å². The Bertz CT molecular complexity index is 575. The number of likely N-dealkylation sites (tertiary alicyclic amines) is 1. The molecule has 0 radical (unpaired) electrons. The Balaban J connectivity index is 1.40. The normalized spacial score (nSPS) is 25.1. The SMILES string of the molecule is [C-]#[N+]c1cc(OCC[C@@H]2C[C@@H]2C2CCN(CC)CC2)nc(C)n1. The molecule has 1 aliphatic carbocycles. The van der Waals surface area contributed by atoms with Gasteiger partial charge in [0.25, 0.3) is 5.82 Å². The van der Waals surface area contributed by atoms with E-state index >= 15 is 0 Å². The molecule has 5 heteroatoms. The first-order valence-corrected chi connectivity index (χ1v) is 8.78. The summed E-state index contributed by atoms with van der Waals surface area (Å²) in [5.41, 5.74) is 0. The molecule has 1 saturated carbocycles. The van der Waals surface area contributed by atoms with Crippen LogP contribution < -0.4 is 4.74 Å². The van der Waals surface area contributed by atoms with Gasteiger partial charge in [-0.2, -0.15) is 4.98 Å². The van der Waals surface area contributed by atoms with Gasteiger partial charge in [-0.1, -0.05) is 13.5 Å². The lowest BCUT2D eigenvalue weighted by molar-refractivity contribution is 0.174. The molecule has 1 aliphatic heterocycles. The van der Waals surface area contributed by atoms with Crippen LogP contribution in [0.4, 0.5) is 5.82 Å². The van der Waals surface area contributed by atoms with Crippen LogP contribution in [0.15, 0.2) is 6.07 Å². The summed E-state index contributed by atoms with van der Waals surface area (Å²) in [5.74, 6) is 4.18. The summed E-state index contributed by atoms with van der Waals surface area (Å²) in [4.78, 5) is 14.2. The third-order valence-electron chi connectivity index (χ3n) is 5.32. The van der Waals surface area contributed by atoms with Crippen molar-refractivity contribution < 1.29 is 4.74 Å². The van der Waals surface area contributed by atoms with Gasteiger partial charge in [-0.3, -0.25) is 0 Å². The van der Waals surface area contributed by atoms with Gasteiger partial charge in [0.15, 0.2) is 0 Å². The molecule has 0 aromatic carbocycles. The molecular formula is C18H26N4O. The van der Waals surface area contributed by atoms with E-state index < -0.39 is 0 Å². The van der Waals surface area contributed by atoms with Crippen LogP contribution >= 0.6 is 0 Å². The maximum absolute atomic E-state index is 7.04. The molecule has 1 aromatic heterocycles. The number of aromatic nitrogens is 2. The van der Waals surface area contributed by atoms with E-state index in [-0.39, 0.29) is 0 Å². The number of piperidine rings is 1. The van der Waals surface area contributed by atoms with Crippen LogP contribution in [0.5, 0.6) is 5.88 Å². The summed E-state index contributed by atoms with van der Waals surface area (Å²) < 4.78 is 5.75. The molecule has 2 atom stereocenters. The molecule has 0 spiro atoms. The second kappa shape index (κ2) is 7.27. The Morgan fingerprint density at radius 1 is 1.35 bits per heavy atom. The van der Waals surface area contributed by atoms with Crippen LogP contribution in [0.25, 0.3) is 4.85 Å². The number of rotatable bonds is 6. The maximum atomic E-state index is 7.04. The van der Waals surface area contributed by atoms with Crippen LogP contribution in [-0.4, -0.2) is 41.1 Å². The van der Waals surface area contributed by atoms with Gasteiger partial charge in [0.2, 0.25) is 11.7 Å². The van der Waals surface area contributed by atoms with Gasteiger partial charge in [0.05, 0.1) is 6.61 Å². The average Bonchev–Trinajstić information content (AvgIpc) is 3.34. The third kappa shape index (κ3) is 4.20. The summed E-state index contributed by atoms with van der Waals surface area (Å²) in [6, 6.07) is 1.63. The summed E-state index contributed by atoms with van der Waals surface area (Å²) in [7, 11) is 0. The van der Waals surface area contributed by atoms with Crippen LogP contribution in [0.2, 0.25) is 0 Å². The Kier molecular flexibility index (Phi) is 5.12. The minimum atomic E-state index is 0.361. The van der Waals surface area contributed by atoms with Crippen molar-refractivity contribution in [3.8, 4) is 5.88 Å². The van der Waals surface area contributed by atoms with E-state index in [2.05, 4.69) is 26.6 Å². The molecule has 1 aromatic rings. The monoisotopic (exact) mass is 314 g/mol. The van der Waals surface area contributed by atoms with E-state index in [1.807, 2.05) is 0 Å². The van der Waals surface area contributed by atoms with Crippen molar-refractivity contribution in [1.82, 2.24) is 14.9 Å². The molecule has 0 amide bonds. The van der Waals surface area contributed by atoms with Gasteiger partial charge in [0.1, 0.15) is 0 Å². The molecular weight excluding hydrogens is 288 g/mol. The van der Waals surface area contributed by atoms with E-state index in [0.717, 1.165) is 24.2 Å². The summed E-state index contributed by atoms with van der Waals surface area (Å²) in [6.07, 6.45) is 5.22. The zero-order valence-corrected chi connectivity index (χ0v) is 14.2. The van der Waals surface area contributed by atoms with Crippen molar-refractivity contribution in [1.29, 1.82) is 0 Å². The number of hydrogen-bond donors (Lipinski definition) is 0. The van der Waals surface area contributed by atoms with E-state index in [1.165, 1.54) is 38.9 Å². The maximum Gasteiger partial charge on any atom is 0.276 e. The zero-order chi connectivity index (χ0) is 16.2. The minimum absolute atomic E-state index is 0.361. The second-order valence-corrected chi connectivity index (χ2v) is 6.79. The van der Waals surface area contributed by atoms with Gasteiger partial charge < -0.3 is 14.5 Å². The first kappa shape index (κ1) is 16.2. The quantitative estimate of drug-likeness (QED) is 0.754. The minimum Gasteiger partial charge on any atom is -0.478 e. The first-order valence-electron chi connectivity index (χ1n) is 8.78. The number of nitrogens with zero attached hydrogens (tertiary/aromatic N) is 4. The summed E-state index contributed by atoms with van der Waals surface area (Å²) in [5, 5.41) is 0. The van der Waals surface area contributed by atoms with Gasteiger partial charge in [-0.25, -0.2) is 0 Å². The molecule has 0 bridgehead atoms. The Hall–Kier alpha value is -1.67. The lowest BCUT2D eigenvalue weighted by atomic mass is 9.90. The van der Waals surface area contributed by atoms with Crippen LogP contribution in [0.1, 0.15) is 38.4 Å². The topological polar surface area (TPSA) is 42.6 Å². The van der Waals surface area contributed by atoms with E-state index in [9.17, 15) is 0 Å². The standard InChI is InChI=1S/C18H26N4O/c1-4-22-8-5-14(6-9-22)16-11-15(16)7-10-23-18-12-17(19-3)20-13(2)21-18/h12,14-16H,4-11H2,1-2H3/t15-,16-/m1/s1. The lowest BCUT2D eigenvalue weighted by Gasteiger charge is -2.31. The fraction of sp³-hybridized carbons (Fsp3) is 0.722. The molecule has 0 unspecified atom stereocenters. The molecule has 0 N–H and O–H groups in total. The van der Waals surface area contributed by atoms with Gasteiger partial charge in [-0.05, 0) is 63.1 Å². The van der Waals surface area contributed by atoms with Crippen molar-refractivity contribution in [2.75, 3.05) is 26.2 Å². The Morgan fingerprint density at radius 2 is 2.13 bits per heavy atom.